The lowest BCUT2D eigenvalue weighted by Crippen LogP contribution is -2.35. The quantitative estimate of drug-likeness (QED) is 0.841. The van der Waals surface area contributed by atoms with E-state index in [-0.39, 0.29) is 17.8 Å². The molecule has 0 aliphatic rings. The van der Waals surface area contributed by atoms with Crippen LogP contribution in [0.1, 0.15) is 38.8 Å². The van der Waals surface area contributed by atoms with Gasteiger partial charge in [0.25, 0.3) is 5.91 Å². The van der Waals surface area contributed by atoms with Gasteiger partial charge in [0.2, 0.25) is 0 Å². The lowest BCUT2D eigenvalue weighted by molar-refractivity contribution is -0.135. The van der Waals surface area contributed by atoms with Crippen molar-refractivity contribution in [3.8, 4) is 5.75 Å². The van der Waals surface area contributed by atoms with Gasteiger partial charge in [-0.25, -0.2) is 4.39 Å². The summed E-state index contributed by atoms with van der Waals surface area (Å²) < 4.78 is 19.2. The van der Waals surface area contributed by atoms with E-state index in [0.29, 0.717) is 5.75 Å². The Morgan fingerprint density at radius 2 is 2.05 bits per heavy atom. The second-order valence-corrected chi connectivity index (χ2v) is 5.35. The third-order valence-corrected chi connectivity index (χ3v) is 3.23. The van der Waals surface area contributed by atoms with Crippen LogP contribution in [-0.4, -0.2) is 37.6 Å². The van der Waals surface area contributed by atoms with E-state index in [2.05, 4.69) is 12.2 Å². The summed E-state index contributed by atoms with van der Waals surface area (Å²) in [7, 11) is 3.33. The van der Waals surface area contributed by atoms with Crippen molar-refractivity contribution in [3.63, 3.8) is 0 Å². The Hall–Kier alpha value is -1.62. The molecule has 0 aliphatic carbocycles. The standard InChI is InChI=1S/C16H25FN2O2/c1-6-9-18-11(2)14-8-7-13(17)10-15(14)21-12(3)16(20)19(4)5/h7-8,10-12,18H,6,9H2,1-5H3. The molecule has 1 rings (SSSR count). The van der Waals surface area contributed by atoms with Crippen molar-refractivity contribution in [2.45, 2.75) is 39.3 Å². The molecule has 0 fully saturated rings. The number of hydrogen-bond donors (Lipinski definition) is 1. The van der Waals surface area contributed by atoms with Gasteiger partial charge >= 0.3 is 0 Å². The molecule has 0 aromatic heterocycles. The van der Waals surface area contributed by atoms with Gasteiger partial charge in [-0.3, -0.25) is 4.79 Å². The third-order valence-electron chi connectivity index (χ3n) is 3.23. The predicted octanol–water partition coefficient (Wildman–Crippen LogP) is 2.74. The molecule has 0 saturated heterocycles. The van der Waals surface area contributed by atoms with E-state index in [1.54, 1.807) is 27.1 Å². The van der Waals surface area contributed by atoms with Crippen molar-refractivity contribution >= 4 is 5.91 Å². The molecule has 0 spiro atoms. The summed E-state index contributed by atoms with van der Waals surface area (Å²) in [5.41, 5.74) is 0.850. The summed E-state index contributed by atoms with van der Waals surface area (Å²) in [4.78, 5) is 13.3. The van der Waals surface area contributed by atoms with Crippen LogP contribution in [0.2, 0.25) is 0 Å². The average molecular weight is 296 g/mol. The normalized spacial score (nSPS) is 13.6. The van der Waals surface area contributed by atoms with Gasteiger partial charge in [-0.15, -0.1) is 0 Å². The van der Waals surface area contributed by atoms with Crippen LogP contribution >= 0.6 is 0 Å². The van der Waals surface area contributed by atoms with Gasteiger partial charge in [-0.05, 0) is 32.9 Å². The highest BCUT2D eigenvalue weighted by Crippen LogP contribution is 2.27. The molecule has 1 amide bonds. The maximum atomic E-state index is 13.5. The minimum Gasteiger partial charge on any atom is -0.480 e. The second-order valence-electron chi connectivity index (χ2n) is 5.35. The summed E-state index contributed by atoms with van der Waals surface area (Å²) in [6.45, 7) is 6.61. The number of nitrogens with zero attached hydrogens (tertiary/aromatic N) is 1. The number of carbonyl (C=O) groups excluding carboxylic acids is 1. The molecule has 2 atom stereocenters. The van der Waals surface area contributed by atoms with Crippen LogP contribution in [0.15, 0.2) is 18.2 Å². The highest BCUT2D eigenvalue weighted by atomic mass is 19.1. The highest BCUT2D eigenvalue weighted by Gasteiger charge is 2.20. The first-order chi connectivity index (χ1) is 9.86. The number of hydrogen-bond acceptors (Lipinski definition) is 3. The largest absolute Gasteiger partial charge is 0.480 e. The van der Waals surface area contributed by atoms with Gasteiger partial charge in [-0.2, -0.15) is 0 Å². The van der Waals surface area contributed by atoms with Crippen molar-refractivity contribution < 1.29 is 13.9 Å². The van der Waals surface area contributed by atoms with Gasteiger partial charge < -0.3 is 15.0 Å². The minimum absolute atomic E-state index is 0.0298. The van der Waals surface area contributed by atoms with Crippen LogP contribution in [0.25, 0.3) is 0 Å². The summed E-state index contributed by atoms with van der Waals surface area (Å²) in [6.07, 6.45) is 0.357. The Bertz CT molecular complexity index is 477. The molecule has 0 saturated carbocycles. The van der Waals surface area contributed by atoms with Gasteiger partial charge in [0.1, 0.15) is 11.6 Å². The zero-order chi connectivity index (χ0) is 16.0. The van der Waals surface area contributed by atoms with Crippen LogP contribution < -0.4 is 10.1 Å². The fourth-order valence-corrected chi connectivity index (χ4v) is 2.04. The maximum Gasteiger partial charge on any atom is 0.262 e. The van der Waals surface area contributed by atoms with Gasteiger partial charge in [-0.1, -0.05) is 13.0 Å². The molecule has 1 aromatic carbocycles. The van der Waals surface area contributed by atoms with Crippen LogP contribution in [0.4, 0.5) is 4.39 Å². The van der Waals surface area contributed by atoms with E-state index in [1.807, 2.05) is 6.92 Å². The van der Waals surface area contributed by atoms with Crippen molar-refractivity contribution in [1.29, 1.82) is 0 Å². The number of halogens is 1. The zero-order valence-electron chi connectivity index (χ0n) is 13.4. The molecule has 4 nitrogen and oxygen atoms in total. The third kappa shape index (κ3) is 5.01. The van der Waals surface area contributed by atoms with Crippen LogP contribution in [0.3, 0.4) is 0 Å². The fourth-order valence-electron chi connectivity index (χ4n) is 2.04. The molecule has 1 aromatic rings. The first kappa shape index (κ1) is 17.4. The first-order valence-electron chi connectivity index (χ1n) is 7.27. The van der Waals surface area contributed by atoms with E-state index >= 15 is 0 Å². The number of benzene rings is 1. The second kappa shape index (κ2) is 7.98. The van der Waals surface area contributed by atoms with E-state index < -0.39 is 6.10 Å². The van der Waals surface area contributed by atoms with E-state index in [4.69, 9.17) is 4.74 Å². The van der Waals surface area contributed by atoms with Crippen molar-refractivity contribution in [3.05, 3.63) is 29.6 Å². The molecule has 118 valence electrons. The summed E-state index contributed by atoms with van der Waals surface area (Å²) >= 11 is 0. The van der Waals surface area contributed by atoms with Crippen molar-refractivity contribution in [2.24, 2.45) is 0 Å². The average Bonchev–Trinajstić information content (AvgIpc) is 2.43. The Labute approximate surface area is 126 Å². The number of carbonyl (C=O) groups is 1. The molecule has 0 heterocycles. The Morgan fingerprint density at radius 3 is 2.62 bits per heavy atom. The number of nitrogens with one attached hydrogen (secondary N) is 1. The van der Waals surface area contributed by atoms with Crippen molar-refractivity contribution in [1.82, 2.24) is 10.2 Å². The Balaban J connectivity index is 2.94. The molecule has 2 unspecified atom stereocenters. The first-order valence-corrected chi connectivity index (χ1v) is 7.27. The smallest absolute Gasteiger partial charge is 0.262 e. The van der Waals surface area contributed by atoms with Crippen LogP contribution in [-0.2, 0) is 4.79 Å². The van der Waals surface area contributed by atoms with Gasteiger partial charge in [0.05, 0.1) is 0 Å². The Kier molecular flexibility index (Phi) is 6.62. The predicted molar refractivity (Wildman–Crippen MR) is 81.9 cm³/mol. The molecule has 0 bridgehead atoms. The van der Waals surface area contributed by atoms with Crippen LogP contribution in [0.5, 0.6) is 5.75 Å². The van der Waals surface area contributed by atoms with E-state index in [0.717, 1.165) is 18.5 Å². The zero-order valence-corrected chi connectivity index (χ0v) is 13.4. The molecule has 21 heavy (non-hydrogen) atoms. The van der Waals surface area contributed by atoms with Gasteiger partial charge in [0.15, 0.2) is 6.10 Å². The van der Waals surface area contributed by atoms with Gasteiger partial charge in [0, 0.05) is 31.8 Å². The lowest BCUT2D eigenvalue weighted by Gasteiger charge is -2.22. The number of ether oxygens (including phenoxy) is 1. The molecule has 1 N–H and O–H groups in total. The number of amides is 1. The Morgan fingerprint density at radius 1 is 1.38 bits per heavy atom. The number of rotatable bonds is 7. The fraction of sp³-hybridized carbons (Fsp3) is 0.562. The lowest BCUT2D eigenvalue weighted by atomic mass is 10.1. The van der Waals surface area contributed by atoms with E-state index in [9.17, 15) is 9.18 Å². The summed E-state index contributed by atoms with van der Waals surface area (Å²) in [6, 6.07) is 4.47. The molecular formula is C16H25FN2O2. The molecule has 0 radical (unpaired) electrons. The van der Waals surface area contributed by atoms with Crippen molar-refractivity contribution in [2.75, 3.05) is 20.6 Å². The van der Waals surface area contributed by atoms with E-state index in [1.165, 1.54) is 17.0 Å². The summed E-state index contributed by atoms with van der Waals surface area (Å²) in [5, 5.41) is 3.34. The van der Waals surface area contributed by atoms with Crippen LogP contribution in [0, 0.1) is 5.82 Å². The highest BCUT2D eigenvalue weighted by molar-refractivity contribution is 5.80. The summed E-state index contributed by atoms with van der Waals surface area (Å²) in [5.74, 6) is -0.117. The molecule has 0 aliphatic heterocycles. The maximum absolute atomic E-state index is 13.5. The number of likely N-dealkylation sites (N-methyl/N-ethyl adjacent to an activating group) is 1. The SMILES string of the molecule is CCCNC(C)c1ccc(F)cc1OC(C)C(=O)N(C)C. The topological polar surface area (TPSA) is 41.6 Å². The molecular weight excluding hydrogens is 271 g/mol. The molecule has 5 heteroatoms. The minimum atomic E-state index is -0.654. The monoisotopic (exact) mass is 296 g/mol.